The summed E-state index contributed by atoms with van der Waals surface area (Å²) in [7, 11) is -1.41. The van der Waals surface area contributed by atoms with Crippen molar-refractivity contribution in [1.82, 2.24) is 9.21 Å². The van der Waals surface area contributed by atoms with Crippen molar-refractivity contribution in [2.45, 2.75) is 17.9 Å². The second-order valence-corrected chi connectivity index (χ2v) is 8.89. The molecule has 2 aromatic carbocycles. The molecule has 0 radical (unpaired) electrons. The Labute approximate surface area is 181 Å². The molecule has 4 nitrogen and oxygen atoms in total. The Morgan fingerprint density at radius 3 is 2.27 bits per heavy atom. The maximum atomic E-state index is 13.5. The zero-order valence-corrected chi connectivity index (χ0v) is 18.2. The third-order valence-corrected chi connectivity index (χ3v) is 6.74. The van der Waals surface area contributed by atoms with Crippen LogP contribution in [0.25, 0.3) is 0 Å². The van der Waals surface area contributed by atoms with Gasteiger partial charge in [-0.25, -0.2) is 8.51 Å². The van der Waals surface area contributed by atoms with Crippen molar-refractivity contribution in [2.24, 2.45) is 5.92 Å². The van der Waals surface area contributed by atoms with E-state index in [0.29, 0.717) is 19.6 Å². The molecule has 0 saturated carbocycles. The van der Waals surface area contributed by atoms with E-state index < -0.39 is 16.9 Å². The molecule has 0 aromatic heterocycles. The van der Waals surface area contributed by atoms with E-state index in [1.165, 1.54) is 0 Å². The van der Waals surface area contributed by atoms with Gasteiger partial charge >= 0.3 is 0 Å². The fourth-order valence-electron chi connectivity index (χ4n) is 3.82. The first-order valence-electron chi connectivity index (χ1n) is 9.96. The molecule has 1 aliphatic heterocycles. The van der Waals surface area contributed by atoms with Crippen molar-refractivity contribution >= 4 is 16.9 Å². The highest BCUT2D eigenvalue weighted by atomic mass is 32.2. The highest BCUT2D eigenvalue weighted by Gasteiger charge is 2.46. The van der Waals surface area contributed by atoms with E-state index in [0.717, 1.165) is 21.6 Å². The average Bonchev–Trinajstić information content (AvgIpc) is 3.10. The summed E-state index contributed by atoms with van der Waals surface area (Å²) in [5.41, 5.74) is 2.83. The largest absolute Gasteiger partial charge is 0.335 e. The van der Waals surface area contributed by atoms with Crippen LogP contribution in [-0.4, -0.2) is 39.0 Å². The monoisotopic (exact) mass is 420 g/mol. The molecule has 0 bridgehead atoms. The SMILES string of the molecule is C=CCN(CC=C)C(=O)[C@@H]1C(=C)CN([S@@](=O)c2ccc(C)cc2)[C@H]1c1ccccc1. The van der Waals surface area contributed by atoms with E-state index in [4.69, 9.17) is 0 Å². The summed E-state index contributed by atoms with van der Waals surface area (Å²) < 4.78 is 15.4. The Morgan fingerprint density at radius 2 is 1.70 bits per heavy atom. The molecule has 1 heterocycles. The van der Waals surface area contributed by atoms with E-state index in [1.807, 2.05) is 65.8 Å². The van der Waals surface area contributed by atoms with Crippen molar-refractivity contribution in [3.63, 3.8) is 0 Å². The summed E-state index contributed by atoms with van der Waals surface area (Å²) in [5.74, 6) is -0.529. The number of amides is 1. The number of aryl methyl sites for hydroxylation is 1. The van der Waals surface area contributed by atoms with Crippen LogP contribution in [0.5, 0.6) is 0 Å². The molecule has 0 N–H and O–H groups in total. The summed E-state index contributed by atoms with van der Waals surface area (Å²) in [5, 5.41) is 0. The van der Waals surface area contributed by atoms with Gasteiger partial charge in [0, 0.05) is 19.6 Å². The average molecular weight is 421 g/mol. The Bertz CT molecular complexity index is 943. The summed E-state index contributed by atoms with van der Waals surface area (Å²) in [4.78, 5) is 15.9. The van der Waals surface area contributed by atoms with Gasteiger partial charge in [-0.2, -0.15) is 0 Å². The fourth-order valence-corrected chi connectivity index (χ4v) is 5.19. The second-order valence-electron chi connectivity index (χ2n) is 7.45. The van der Waals surface area contributed by atoms with Crippen molar-refractivity contribution in [3.05, 3.63) is 103 Å². The first kappa shape index (κ1) is 21.9. The molecule has 0 spiro atoms. The minimum Gasteiger partial charge on any atom is -0.335 e. The van der Waals surface area contributed by atoms with E-state index in [1.54, 1.807) is 17.1 Å². The van der Waals surface area contributed by atoms with E-state index in [-0.39, 0.29) is 11.9 Å². The van der Waals surface area contributed by atoms with E-state index in [9.17, 15) is 9.00 Å². The van der Waals surface area contributed by atoms with Crippen molar-refractivity contribution in [1.29, 1.82) is 0 Å². The lowest BCUT2D eigenvalue weighted by Crippen LogP contribution is -2.39. The molecule has 0 unspecified atom stereocenters. The molecule has 3 atom stereocenters. The van der Waals surface area contributed by atoms with Crippen LogP contribution in [0.15, 0.2) is 97.0 Å². The van der Waals surface area contributed by atoms with Gasteiger partial charge in [-0.3, -0.25) is 4.79 Å². The van der Waals surface area contributed by atoms with Gasteiger partial charge in [-0.05, 0) is 30.2 Å². The zero-order valence-electron chi connectivity index (χ0n) is 17.4. The lowest BCUT2D eigenvalue weighted by atomic mass is 9.90. The number of benzene rings is 2. The van der Waals surface area contributed by atoms with Crippen LogP contribution in [0, 0.1) is 12.8 Å². The number of rotatable bonds is 8. The molecular weight excluding hydrogens is 392 g/mol. The molecule has 1 saturated heterocycles. The smallest absolute Gasteiger partial charge is 0.232 e. The topological polar surface area (TPSA) is 40.6 Å². The molecule has 0 aliphatic carbocycles. The lowest BCUT2D eigenvalue weighted by molar-refractivity contribution is -0.133. The van der Waals surface area contributed by atoms with Crippen LogP contribution < -0.4 is 0 Å². The molecule has 1 amide bonds. The van der Waals surface area contributed by atoms with Crippen LogP contribution in [0.4, 0.5) is 0 Å². The molecule has 3 rings (SSSR count). The van der Waals surface area contributed by atoms with Gasteiger partial charge < -0.3 is 4.90 Å². The number of hydrogen-bond donors (Lipinski definition) is 0. The Kier molecular flexibility index (Phi) is 7.19. The van der Waals surface area contributed by atoms with Crippen molar-refractivity contribution < 1.29 is 9.00 Å². The normalized spacial score (nSPS) is 20.0. The standard InChI is InChI=1S/C25H28N2O2S/c1-5-16-26(17-6-2)25(28)23-20(4)18-27(24(23)21-10-8-7-9-11-21)30(29)22-14-12-19(3)13-15-22/h5-15,23-24H,1-2,4,16-18H2,3H3/t23-,24+,30+/m1/s1. The third kappa shape index (κ3) is 4.53. The van der Waals surface area contributed by atoms with Gasteiger partial charge in [-0.15, -0.1) is 13.2 Å². The maximum absolute atomic E-state index is 13.5. The van der Waals surface area contributed by atoms with Crippen LogP contribution in [0.1, 0.15) is 17.2 Å². The summed E-state index contributed by atoms with van der Waals surface area (Å²) in [6, 6.07) is 17.1. The predicted molar refractivity (Wildman–Crippen MR) is 123 cm³/mol. The van der Waals surface area contributed by atoms with Gasteiger partial charge in [0.2, 0.25) is 5.91 Å². The van der Waals surface area contributed by atoms with Crippen LogP contribution in [-0.2, 0) is 15.8 Å². The number of carbonyl (C=O) groups excluding carboxylic acids is 1. The highest BCUT2D eigenvalue weighted by molar-refractivity contribution is 7.82. The first-order valence-corrected chi connectivity index (χ1v) is 11.1. The summed E-state index contributed by atoms with van der Waals surface area (Å²) >= 11 is 0. The van der Waals surface area contributed by atoms with Gasteiger partial charge in [0.25, 0.3) is 0 Å². The molecule has 5 heteroatoms. The highest BCUT2D eigenvalue weighted by Crippen LogP contribution is 2.43. The molecule has 1 aliphatic rings. The van der Waals surface area contributed by atoms with Gasteiger partial charge in [0.15, 0.2) is 0 Å². The zero-order chi connectivity index (χ0) is 21.7. The Morgan fingerprint density at radius 1 is 1.10 bits per heavy atom. The molecular formula is C25H28N2O2S. The lowest BCUT2D eigenvalue weighted by Gasteiger charge is -2.30. The summed E-state index contributed by atoms with van der Waals surface area (Å²) in [6.45, 7) is 15.0. The van der Waals surface area contributed by atoms with E-state index in [2.05, 4.69) is 19.7 Å². The number of nitrogens with zero attached hydrogens (tertiary/aromatic N) is 2. The van der Waals surface area contributed by atoms with E-state index >= 15 is 0 Å². The van der Waals surface area contributed by atoms with Crippen LogP contribution in [0.3, 0.4) is 0 Å². The minimum atomic E-state index is -1.41. The molecule has 156 valence electrons. The van der Waals surface area contributed by atoms with Gasteiger partial charge in [0.1, 0.15) is 11.0 Å². The third-order valence-electron chi connectivity index (χ3n) is 5.28. The summed E-state index contributed by atoms with van der Waals surface area (Å²) in [6.07, 6.45) is 3.41. The number of carbonyl (C=O) groups is 1. The second kappa shape index (κ2) is 9.83. The van der Waals surface area contributed by atoms with Crippen molar-refractivity contribution in [3.8, 4) is 0 Å². The minimum absolute atomic E-state index is 0.0444. The molecule has 2 aromatic rings. The number of hydrogen-bond acceptors (Lipinski definition) is 2. The Balaban J connectivity index is 2.02. The Hall–Kier alpha value is -2.76. The van der Waals surface area contributed by atoms with Crippen molar-refractivity contribution in [2.75, 3.05) is 19.6 Å². The predicted octanol–water partition coefficient (Wildman–Crippen LogP) is 4.45. The van der Waals surface area contributed by atoms with Crippen LogP contribution >= 0.6 is 0 Å². The molecule has 1 fully saturated rings. The van der Waals surface area contributed by atoms with Crippen LogP contribution in [0.2, 0.25) is 0 Å². The molecule has 30 heavy (non-hydrogen) atoms. The van der Waals surface area contributed by atoms with Gasteiger partial charge in [0.05, 0.1) is 16.9 Å². The first-order chi connectivity index (χ1) is 14.5. The maximum Gasteiger partial charge on any atom is 0.232 e. The fraction of sp³-hybridized carbons (Fsp3) is 0.240. The van der Waals surface area contributed by atoms with Gasteiger partial charge in [-0.1, -0.05) is 66.8 Å². The quantitative estimate of drug-likeness (QED) is 0.592.